The number of aliphatic hydroxyl groups excluding tert-OH is 2. The smallest absolute Gasteiger partial charge is 0.0537 e. The Morgan fingerprint density at radius 3 is 0.929 bits per heavy atom. The van der Waals surface area contributed by atoms with Crippen molar-refractivity contribution in [2.75, 3.05) is 0 Å². The third kappa shape index (κ3) is 10.0. The highest BCUT2D eigenvalue weighted by atomic mass is 16.3. The molecule has 0 bridgehead atoms. The van der Waals surface area contributed by atoms with Gasteiger partial charge in [0.05, 0.1) is 12.2 Å². The molecule has 0 rings (SSSR count). The molecule has 4 atom stereocenters. The molecule has 0 aliphatic carbocycles. The molecule has 0 fully saturated rings. The van der Waals surface area contributed by atoms with Crippen molar-refractivity contribution in [2.24, 2.45) is 11.8 Å². The Hall–Kier alpha value is -0.0800. The van der Waals surface area contributed by atoms with Crippen molar-refractivity contribution < 1.29 is 10.2 Å². The molecule has 0 aromatic rings. The van der Waals surface area contributed by atoms with E-state index in [0.29, 0.717) is 11.8 Å². The van der Waals surface area contributed by atoms with Crippen molar-refractivity contribution in [1.29, 1.82) is 0 Å². The lowest BCUT2D eigenvalue weighted by molar-refractivity contribution is 0.133. The van der Waals surface area contributed by atoms with Gasteiger partial charge in [0.25, 0.3) is 0 Å². The van der Waals surface area contributed by atoms with Crippen molar-refractivity contribution in [3.8, 4) is 0 Å². The first-order valence-corrected chi connectivity index (χ1v) is 5.72. The molecular weight excluding hydrogens is 176 g/mol. The molecule has 2 N–H and O–H groups in total. The zero-order chi connectivity index (χ0) is 11.7. The number of aliphatic hydroxyl groups is 2. The maximum Gasteiger partial charge on any atom is 0.0537 e. The highest BCUT2D eigenvalue weighted by Crippen LogP contribution is 2.05. The summed E-state index contributed by atoms with van der Waals surface area (Å²) < 4.78 is 0. The molecule has 14 heavy (non-hydrogen) atoms. The van der Waals surface area contributed by atoms with Gasteiger partial charge in [-0.3, -0.25) is 0 Å². The Morgan fingerprint density at radius 2 is 0.929 bits per heavy atom. The van der Waals surface area contributed by atoms with Crippen LogP contribution in [-0.4, -0.2) is 22.4 Å². The first-order chi connectivity index (χ1) is 6.36. The van der Waals surface area contributed by atoms with Crippen molar-refractivity contribution in [3.05, 3.63) is 0 Å². The van der Waals surface area contributed by atoms with Crippen LogP contribution >= 0.6 is 0 Å². The normalized spacial score (nSPS) is 18.9. The molecule has 0 heterocycles. The largest absolute Gasteiger partial charge is 0.393 e. The fourth-order valence-electron chi connectivity index (χ4n) is 0.682. The first kappa shape index (κ1) is 16.4. The zero-order valence-electron chi connectivity index (χ0n) is 10.6. The first-order valence-electron chi connectivity index (χ1n) is 5.72. The Kier molecular flexibility index (Phi) is 11.1. The maximum atomic E-state index is 8.82. The van der Waals surface area contributed by atoms with E-state index in [-0.39, 0.29) is 12.2 Å². The predicted molar refractivity (Wildman–Crippen MR) is 62.3 cm³/mol. The Balaban J connectivity index is 0. The standard InChI is InChI=1S/2C6H14O/c2*1-4-5(2)6(3)7/h2*5-7H,4H2,1-3H3. The monoisotopic (exact) mass is 204 g/mol. The lowest BCUT2D eigenvalue weighted by Crippen LogP contribution is -2.10. The summed E-state index contributed by atoms with van der Waals surface area (Å²) in [7, 11) is 0. The van der Waals surface area contributed by atoms with Crippen LogP contribution in [0.3, 0.4) is 0 Å². The Morgan fingerprint density at radius 1 is 0.714 bits per heavy atom. The molecule has 2 heteroatoms. The minimum absolute atomic E-state index is 0.134. The van der Waals surface area contributed by atoms with E-state index in [9.17, 15) is 0 Å². The van der Waals surface area contributed by atoms with Gasteiger partial charge in [-0.25, -0.2) is 0 Å². The molecule has 2 nitrogen and oxygen atoms in total. The molecule has 4 unspecified atom stereocenters. The third-order valence-electron chi connectivity index (χ3n) is 2.93. The third-order valence-corrected chi connectivity index (χ3v) is 2.93. The van der Waals surface area contributed by atoms with Gasteiger partial charge in [0, 0.05) is 0 Å². The van der Waals surface area contributed by atoms with Crippen LogP contribution in [0.25, 0.3) is 0 Å². The lowest BCUT2D eigenvalue weighted by Gasteiger charge is -2.09. The van der Waals surface area contributed by atoms with Crippen LogP contribution in [0.2, 0.25) is 0 Å². The van der Waals surface area contributed by atoms with Gasteiger partial charge in [-0.05, 0) is 25.7 Å². The van der Waals surface area contributed by atoms with E-state index < -0.39 is 0 Å². The fourth-order valence-corrected chi connectivity index (χ4v) is 0.682. The average Bonchev–Trinajstić information content (AvgIpc) is 2.15. The van der Waals surface area contributed by atoms with Crippen molar-refractivity contribution in [3.63, 3.8) is 0 Å². The number of hydrogen-bond acceptors (Lipinski definition) is 2. The number of rotatable bonds is 4. The van der Waals surface area contributed by atoms with Crippen LogP contribution in [0.1, 0.15) is 54.4 Å². The minimum atomic E-state index is -0.134. The van der Waals surface area contributed by atoms with E-state index in [1.54, 1.807) is 0 Å². The van der Waals surface area contributed by atoms with Crippen LogP contribution in [0.5, 0.6) is 0 Å². The van der Waals surface area contributed by atoms with E-state index in [2.05, 4.69) is 13.8 Å². The molecule has 0 aliphatic heterocycles. The van der Waals surface area contributed by atoms with E-state index in [1.165, 1.54) is 0 Å². The SMILES string of the molecule is CCC(C)C(C)O.CCC(C)C(C)O. The van der Waals surface area contributed by atoms with Crippen LogP contribution in [0, 0.1) is 11.8 Å². The average molecular weight is 204 g/mol. The van der Waals surface area contributed by atoms with Gasteiger partial charge in [-0.15, -0.1) is 0 Å². The lowest BCUT2D eigenvalue weighted by atomic mass is 10.0. The molecule has 0 amide bonds. The molecule has 0 spiro atoms. The summed E-state index contributed by atoms with van der Waals surface area (Å²) in [5.74, 6) is 0.917. The molecule has 0 radical (unpaired) electrons. The van der Waals surface area contributed by atoms with Crippen molar-refractivity contribution in [2.45, 2.75) is 66.6 Å². The number of hydrogen-bond donors (Lipinski definition) is 2. The highest BCUT2D eigenvalue weighted by molar-refractivity contribution is 4.54. The van der Waals surface area contributed by atoms with Gasteiger partial charge in [0.1, 0.15) is 0 Å². The van der Waals surface area contributed by atoms with Crippen LogP contribution < -0.4 is 0 Å². The zero-order valence-corrected chi connectivity index (χ0v) is 10.6. The van der Waals surface area contributed by atoms with Crippen molar-refractivity contribution >= 4 is 0 Å². The molecule has 0 aromatic carbocycles. The highest BCUT2D eigenvalue weighted by Gasteiger charge is 2.03. The van der Waals surface area contributed by atoms with Crippen LogP contribution in [-0.2, 0) is 0 Å². The second-order valence-corrected chi connectivity index (χ2v) is 4.25. The van der Waals surface area contributed by atoms with Gasteiger partial charge in [-0.1, -0.05) is 40.5 Å². The summed E-state index contributed by atoms with van der Waals surface area (Å²) in [4.78, 5) is 0. The molecule has 0 saturated carbocycles. The predicted octanol–water partition coefficient (Wildman–Crippen LogP) is 2.83. The van der Waals surface area contributed by atoms with E-state index in [1.807, 2.05) is 27.7 Å². The maximum absolute atomic E-state index is 8.82. The molecule has 0 aromatic heterocycles. The van der Waals surface area contributed by atoms with Gasteiger partial charge >= 0.3 is 0 Å². The van der Waals surface area contributed by atoms with E-state index >= 15 is 0 Å². The summed E-state index contributed by atoms with van der Waals surface area (Å²) in [6, 6.07) is 0. The Bertz CT molecular complexity index is 96.9. The molecule has 88 valence electrons. The summed E-state index contributed by atoms with van der Waals surface area (Å²) in [6.45, 7) is 11.9. The van der Waals surface area contributed by atoms with E-state index in [4.69, 9.17) is 10.2 Å². The summed E-state index contributed by atoms with van der Waals surface area (Å²) >= 11 is 0. The summed E-state index contributed by atoms with van der Waals surface area (Å²) in [5, 5.41) is 17.6. The molecule has 0 aliphatic rings. The van der Waals surface area contributed by atoms with Crippen LogP contribution in [0.15, 0.2) is 0 Å². The van der Waals surface area contributed by atoms with Gasteiger partial charge in [0.2, 0.25) is 0 Å². The van der Waals surface area contributed by atoms with Gasteiger partial charge in [-0.2, -0.15) is 0 Å². The Labute approximate surface area is 89.3 Å². The van der Waals surface area contributed by atoms with Crippen molar-refractivity contribution in [1.82, 2.24) is 0 Å². The fraction of sp³-hybridized carbons (Fsp3) is 1.00. The van der Waals surface area contributed by atoms with Gasteiger partial charge < -0.3 is 10.2 Å². The topological polar surface area (TPSA) is 40.5 Å². The van der Waals surface area contributed by atoms with Crippen LogP contribution in [0.4, 0.5) is 0 Å². The van der Waals surface area contributed by atoms with Gasteiger partial charge in [0.15, 0.2) is 0 Å². The van der Waals surface area contributed by atoms with E-state index in [0.717, 1.165) is 12.8 Å². The quantitative estimate of drug-likeness (QED) is 0.739. The molecule has 0 saturated heterocycles. The second-order valence-electron chi connectivity index (χ2n) is 4.25. The second kappa shape index (κ2) is 9.47. The molecular formula is C12H28O2. The minimum Gasteiger partial charge on any atom is -0.393 e. The summed E-state index contributed by atoms with van der Waals surface area (Å²) in [6.07, 6.45) is 1.87. The summed E-state index contributed by atoms with van der Waals surface area (Å²) in [5.41, 5.74) is 0.